The summed E-state index contributed by atoms with van der Waals surface area (Å²) in [6.07, 6.45) is 0. The topological polar surface area (TPSA) is 56.2 Å². The van der Waals surface area contributed by atoms with Gasteiger partial charge in [-0.25, -0.2) is 0 Å². The first kappa shape index (κ1) is 21.6. The summed E-state index contributed by atoms with van der Waals surface area (Å²) in [5, 5.41) is 7.41. The van der Waals surface area contributed by atoms with Gasteiger partial charge >= 0.3 is 0 Å². The van der Waals surface area contributed by atoms with Crippen molar-refractivity contribution in [3.05, 3.63) is 82.7 Å². The van der Waals surface area contributed by atoms with Crippen molar-refractivity contribution in [3.63, 3.8) is 0 Å². The Morgan fingerprint density at radius 2 is 1.77 bits per heavy atom. The molecule has 0 aliphatic carbocycles. The van der Waals surface area contributed by atoms with Crippen LogP contribution in [0, 0.1) is 13.8 Å². The summed E-state index contributed by atoms with van der Waals surface area (Å²) in [5.74, 6) is 0.771. The minimum absolute atomic E-state index is 0.00892. The number of rotatable bonds is 7. The minimum atomic E-state index is -0.0969. The summed E-state index contributed by atoms with van der Waals surface area (Å²) in [6.45, 7) is 12.1. The number of nitrogens with one attached hydrogen (secondary N) is 1. The Bertz CT molecular complexity index is 998. The number of amides is 1. The molecule has 0 radical (unpaired) electrons. The van der Waals surface area contributed by atoms with Crippen LogP contribution in [0.3, 0.4) is 0 Å². The fourth-order valence-corrected chi connectivity index (χ4v) is 3.41. The molecule has 1 heterocycles. The van der Waals surface area contributed by atoms with Gasteiger partial charge in [-0.1, -0.05) is 51.1 Å². The van der Waals surface area contributed by atoms with Crippen molar-refractivity contribution in [3.8, 4) is 5.75 Å². The van der Waals surface area contributed by atoms with Crippen LogP contribution in [0.25, 0.3) is 0 Å². The van der Waals surface area contributed by atoms with E-state index in [1.54, 1.807) is 0 Å². The molecule has 0 saturated carbocycles. The van der Waals surface area contributed by atoms with Crippen molar-refractivity contribution in [1.82, 2.24) is 15.1 Å². The average molecular weight is 406 g/mol. The number of nitrogens with zero attached hydrogens (tertiary/aromatic N) is 2. The molecule has 3 rings (SSSR count). The molecule has 1 aromatic heterocycles. The van der Waals surface area contributed by atoms with E-state index in [9.17, 15) is 4.79 Å². The molecule has 0 saturated heterocycles. The number of hydrogen-bond donors (Lipinski definition) is 1. The summed E-state index contributed by atoms with van der Waals surface area (Å²) in [7, 11) is 0. The van der Waals surface area contributed by atoms with Gasteiger partial charge < -0.3 is 10.1 Å². The second-order valence-electron chi connectivity index (χ2n) is 8.63. The van der Waals surface area contributed by atoms with Crippen molar-refractivity contribution in [2.45, 2.75) is 46.6 Å². The third kappa shape index (κ3) is 5.50. The SMILES string of the molecule is Cc1cc(C)n(Cc2ccc(C(=O)NCCOc3ccccc3C(C)(C)C)cc2)n1. The highest BCUT2D eigenvalue weighted by Gasteiger charge is 2.18. The molecule has 5 heteroatoms. The van der Waals surface area contributed by atoms with Crippen LogP contribution >= 0.6 is 0 Å². The largest absolute Gasteiger partial charge is 0.491 e. The monoisotopic (exact) mass is 405 g/mol. The number of carbonyl (C=O) groups is 1. The van der Waals surface area contributed by atoms with Gasteiger partial charge in [-0.05, 0) is 54.7 Å². The maximum Gasteiger partial charge on any atom is 0.251 e. The molecule has 0 fully saturated rings. The Hall–Kier alpha value is -3.08. The molecule has 0 aliphatic rings. The maximum absolute atomic E-state index is 12.4. The second-order valence-corrected chi connectivity index (χ2v) is 8.63. The molecule has 2 aromatic carbocycles. The van der Waals surface area contributed by atoms with Gasteiger partial charge in [0, 0.05) is 11.3 Å². The molecule has 1 amide bonds. The van der Waals surface area contributed by atoms with E-state index in [2.05, 4.69) is 43.3 Å². The lowest BCUT2D eigenvalue weighted by Gasteiger charge is -2.22. The van der Waals surface area contributed by atoms with Gasteiger partial charge in [0.05, 0.1) is 18.8 Å². The quantitative estimate of drug-likeness (QED) is 0.582. The van der Waals surface area contributed by atoms with Gasteiger partial charge in [0.1, 0.15) is 12.4 Å². The number of benzene rings is 2. The molecular formula is C25H31N3O2. The highest BCUT2D eigenvalue weighted by Crippen LogP contribution is 2.30. The maximum atomic E-state index is 12.4. The summed E-state index contributed by atoms with van der Waals surface area (Å²) in [6, 6.07) is 17.8. The highest BCUT2D eigenvalue weighted by molar-refractivity contribution is 5.94. The summed E-state index contributed by atoms with van der Waals surface area (Å²) in [4.78, 5) is 12.4. The van der Waals surface area contributed by atoms with E-state index >= 15 is 0 Å². The van der Waals surface area contributed by atoms with Gasteiger partial charge in [-0.2, -0.15) is 5.10 Å². The van der Waals surface area contributed by atoms with E-state index in [1.807, 2.05) is 61.0 Å². The smallest absolute Gasteiger partial charge is 0.251 e. The molecule has 0 spiro atoms. The van der Waals surface area contributed by atoms with Gasteiger partial charge in [0.15, 0.2) is 0 Å². The molecule has 3 aromatic rings. The first-order valence-electron chi connectivity index (χ1n) is 10.3. The Kier molecular flexibility index (Phi) is 6.60. The summed E-state index contributed by atoms with van der Waals surface area (Å²) < 4.78 is 7.89. The number of aryl methyl sites for hydroxylation is 2. The van der Waals surface area contributed by atoms with Crippen molar-refractivity contribution in [1.29, 1.82) is 0 Å². The molecule has 1 N–H and O–H groups in total. The number of hydrogen-bond acceptors (Lipinski definition) is 3. The number of aromatic nitrogens is 2. The summed E-state index contributed by atoms with van der Waals surface area (Å²) in [5.41, 5.74) is 5.06. The predicted molar refractivity (Wildman–Crippen MR) is 120 cm³/mol. The third-order valence-corrected chi connectivity index (χ3v) is 4.99. The lowest BCUT2D eigenvalue weighted by Crippen LogP contribution is -2.28. The zero-order chi connectivity index (χ0) is 21.7. The van der Waals surface area contributed by atoms with E-state index in [1.165, 1.54) is 0 Å². The van der Waals surface area contributed by atoms with Gasteiger partial charge in [-0.15, -0.1) is 0 Å². The predicted octanol–water partition coefficient (Wildman–Crippen LogP) is 4.65. The number of ether oxygens (including phenoxy) is 1. The van der Waals surface area contributed by atoms with Gasteiger partial charge in [-0.3, -0.25) is 9.48 Å². The van der Waals surface area contributed by atoms with E-state index < -0.39 is 0 Å². The first-order chi connectivity index (χ1) is 14.2. The van der Waals surface area contributed by atoms with Gasteiger partial charge in [0.2, 0.25) is 0 Å². The van der Waals surface area contributed by atoms with Crippen LogP contribution in [-0.2, 0) is 12.0 Å². The second kappa shape index (κ2) is 9.16. The van der Waals surface area contributed by atoms with Crippen LogP contribution in [0.4, 0.5) is 0 Å². The molecule has 158 valence electrons. The van der Waals surface area contributed by atoms with Crippen molar-refractivity contribution in [2.75, 3.05) is 13.2 Å². The normalized spacial score (nSPS) is 11.4. The Balaban J connectivity index is 1.50. The molecule has 0 unspecified atom stereocenters. The average Bonchev–Trinajstić information content (AvgIpc) is 3.02. The van der Waals surface area contributed by atoms with Crippen LogP contribution in [-0.4, -0.2) is 28.8 Å². The van der Waals surface area contributed by atoms with Crippen molar-refractivity contribution >= 4 is 5.91 Å². The van der Waals surface area contributed by atoms with E-state index in [0.717, 1.165) is 28.3 Å². The minimum Gasteiger partial charge on any atom is -0.491 e. The Morgan fingerprint density at radius 1 is 1.07 bits per heavy atom. The third-order valence-electron chi connectivity index (χ3n) is 4.99. The Morgan fingerprint density at radius 3 is 2.40 bits per heavy atom. The number of carbonyl (C=O) groups excluding carboxylic acids is 1. The van der Waals surface area contributed by atoms with E-state index in [0.29, 0.717) is 25.3 Å². The van der Waals surface area contributed by atoms with Crippen LogP contribution in [0.5, 0.6) is 5.75 Å². The van der Waals surface area contributed by atoms with Crippen LogP contribution in [0.15, 0.2) is 54.6 Å². The fourth-order valence-electron chi connectivity index (χ4n) is 3.41. The molecule has 0 aliphatic heterocycles. The molecular weight excluding hydrogens is 374 g/mol. The zero-order valence-corrected chi connectivity index (χ0v) is 18.5. The highest BCUT2D eigenvalue weighted by atomic mass is 16.5. The molecule has 5 nitrogen and oxygen atoms in total. The van der Waals surface area contributed by atoms with E-state index in [-0.39, 0.29) is 11.3 Å². The van der Waals surface area contributed by atoms with E-state index in [4.69, 9.17) is 4.74 Å². The lowest BCUT2D eigenvalue weighted by atomic mass is 9.86. The first-order valence-corrected chi connectivity index (χ1v) is 10.3. The summed E-state index contributed by atoms with van der Waals surface area (Å²) >= 11 is 0. The van der Waals surface area contributed by atoms with Crippen molar-refractivity contribution < 1.29 is 9.53 Å². The van der Waals surface area contributed by atoms with Crippen molar-refractivity contribution in [2.24, 2.45) is 0 Å². The van der Waals surface area contributed by atoms with Gasteiger partial charge in [0.25, 0.3) is 5.91 Å². The molecule has 0 bridgehead atoms. The number of para-hydroxylation sites is 1. The van der Waals surface area contributed by atoms with Crippen LogP contribution in [0.1, 0.15) is 53.6 Å². The van der Waals surface area contributed by atoms with Crippen LogP contribution < -0.4 is 10.1 Å². The standard InChI is InChI=1S/C25H31N3O2/c1-18-16-19(2)28(27-18)17-20-10-12-21(13-11-20)24(29)26-14-15-30-23-9-7-6-8-22(23)25(3,4)5/h6-13,16H,14-15,17H2,1-5H3,(H,26,29). The van der Waals surface area contributed by atoms with Crippen LogP contribution in [0.2, 0.25) is 0 Å². The Labute approximate surface area is 179 Å². The zero-order valence-electron chi connectivity index (χ0n) is 18.5. The molecule has 0 atom stereocenters. The fraction of sp³-hybridized carbons (Fsp3) is 0.360. The molecule has 30 heavy (non-hydrogen) atoms. The lowest BCUT2D eigenvalue weighted by molar-refractivity contribution is 0.0947.